The summed E-state index contributed by atoms with van der Waals surface area (Å²) in [5.41, 5.74) is 0. The van der Waals surface area contributed by atoms with Crippen LogP contribution in [-0.2, 0) is 0 Å². The highest BCUT2D eigenvalue weighted by Gasteiger charge is 2.24. The second-order valence-corrected chi connectivity index (χ2v) is 6.71. The monoisotopic (exact) mass is 269 g/mol. The number of nitrogens with one attached hydrogen (secondary N) is 1. The molecular weight excluding hydrogens is 234 g/mol. The molecule has 1 N–H and O–H groups in total. The van der Waals surface area contributed by atoms with E-state index >= 15 is 0 Å². The molecule has 0 bridgehead atoms. The molecule has 0 aromatic heterocycles. The van der Waals surface area contributed by atoms with Crippen molar-refractivity contribution in [2.24, 2.45) is 5.92 Å². The minimum Gasteiger partial charge on any atom is -0.315 e. The van der Waals surface area contributed by atoms with Gasteiger partial charge in [0.25, 0.3) is 0 Å². The molecule has 0 aromatic rings. The van der Waals surface area contributed by atoms with Crippen LogP contribution < -0.4 is 5.32 Å². The van der Waals surface area contributed by atoms with Gasteiger partial charge in [0.05, 0.1) is 0 Å². The third-order valence-corrected chi connectivity index (χ3v) is 4.35. The summed E-state index contributed by atoms with van der Waals surface area (Å²) in [4.78, 5) is 5.12. The van der Waals surface area contributed by atoms with Gasteiger partial charge in [0.2, 0.25) is 0 Å². The number of nitrogens with zero attached hydrogens (tertiary/aromatic N) is 2. The topological polar surface area (TPSA) is 18.5 Å². The SMILES string of the molecule is CCCC(CNCC(C)C)N(C)CC1CCCN1C. The van der Waals surface area contributed by atoms with Gasteiger partial charge in [-0.15, -0.1) is 0 Å². The lowest BCUT2D eigenvalue weighted by Gasteiger charge is -2.32. The summed E-state index contributed by atoms with van der Waals surface area (Å²) in [6.07, 6.45) is 5.33. The molecule has 1 saturated heterocycles. The van der Waals surface area contributed by atoms with Crippen LogP contribution >= 0.6 is 0 Å². The molecule has 3 heteroatoms. The van der Waals surface area contributed by atoms with Gasteiger partial charge in [-0.2, -0.15) is 0 Å². The molecule has 0 saturated carbocycles. The van der Waals surface area contributed by atoms with Gasteiger partial charge in [0.15, 0.2) is 0 Å². The lowest BCUT2D eigenvalue weighted by molar-refractivity contribution is 0.166. The highest BCUT2D eigenvalue weighted by molar-refractivity contribution is 4.82. The van der Waals surface area contributed by atoms with E-state index in [-0.39, 0.29) is 0 Å². The summed E-state index contributed by atoms with van der Waals surface area (Å²) in [5, 5.41) is 3.63. The molecule has 0 radical (unpaired) electrons. The summed E-state index contributed by atoms with van der Waals surface area (Å²) in [6.45, 7) is 11.6. The van der Waals surface area contributed by atoms with Crippen LogP contribution in [0.4, 0.5) is 0 Å². The molecule has 1 aliphatic heterocycles. The van der Waals surface area contributed by atoms with E-state index in [0.717, 1.165) is 25.0 Å². The van der Waals surface area contributed by atoms with Crippen molar-refractivity contribution in [1.82, 2.24) is 15.1 Å². The molecule has 1 fully saturated rings. The molecule has 1 heterocycles. The van der Waals surface area contributed by atoms with Crippen molar-refractivity contribution in [3.8, 4) is 0 Å². The van der Waals surface area contributed by atoms with E-state index < -0.39 is 0 Å². The van der Waals surface area contributed by atoms with E-state index in [1.54, 1.807) is 0 Å². The highest BCUT2D eigenvalue weighted by Crippen LogP contribution is 2.17. The maximum atomic E-state index is 3.63. The van der Waals surface area contributed by atoms with Gasteiger partial charge in [-0.05, 0) is 52.4 Å². The third kappa shape index (κ3) is 6.24. The first-order valence-corrected chi connectivity index (χ1v) is 8.15. The standard InChI is InChI=1S/C16H35N3/c1-6-8-15(12-17-11-14(2)3)19(5)13-16-9-7-10-18(16)4/h14-17H,6-13H2,1-5H3. The molecule has 1 aliphatic rings. The maximum Gasteiger partial charge on any atom is 0.0220 e. The highest BCUT2D eigenvalue weighted by atomic mass is 15.2. The van der Waals surface area contributed by atoms with Crippen molar-refractivity contribution in [2.75, 3.05) is 40.3 Å². The van der Waals surface area contributed by atoms with E-state index in [4.69, 9.17) is 0 Å². The van der Waals surface area contributed by atoms with Crippen molar-refractivity contribution >= 4 is 0 Å². The van der Waals surface area contributed by atoms with Crippen LogP contribution in [0, 0.1) is 5.92 Å². The second-order valence-electron chi connectivity index (χ2n) is 6.71. The quantitative estimate of drug-likeness (QED) is 0.693. The number of likely N-dealkylation sites (N-methyl/N-ethyl adjacent to an activating group) is 2. The Labute approximate surface area is 120 Å². The van der Waals surface area contributed by atoms with Gasteiger partial charge in [0, 0.05) is 25.2 Å². The Kier molecular flexibility index (Phi) is 7.96. The summed E-state index contributed by atoms with van der Waals surface area (Å²) < 4.78 is 0. The molecule has 19 heavy (non-hydrogen) atoms. The molecule has 0 amide bonds. The molecular formula is C16H35N3. The van der Waals surface area contributed by atoms with Gasteiger partial charge in [-0.25, -0.2) is 0 Å². The van der Waals surface area contributed by atoms with Crippen LogP contribution in [0.15, 0.2) is 0 Å². The van der Waals surface area contributed by atoms with E-state index in [2.05, 4.69) is 50.0 Å². The van der Waals surface area contributed by atoms with Gasteiger partial charge in [-0.3, -0.25) is 0 Å². The number of rotatable bonds is 9. The zero-order chi connectivity index (χ0) is 14.3. The van der Waals surface area contributed by atoms with Crippen molar-refractivity contribution in [2.45, 2.75) is 58.5 Å². The second kappa shape index (κ2) is 8.93. The van der Waals surface area contributed by atoms with Crippen LogP contribution in [0.25, 0.3) is 0 Å². The molecule has 0 aromatic carbocycles. The molecule has 1 rings (SSSR count). The van der Waals surface area contributed by atoms with Crippen molar-refractivity contribution in [3.63, 3.8) is 0 Å². The van der Waals surface area contributed by atoms with Crippen LogP contribution in [-0.4, -0.2) is 62.2 Å². The largest absolute Gasteiger partial charge is 0.315 e. The number of likely N-dealkylation sites (tertiary alicyclic amines) is 1. The van der Waals surface area contributed by atoms with Crippen molar-refractivity contribution < 1.29 is 0 Å². The molecule has 3 nitrogen and oxygen atoms in total. The van der Waals surface area contributed by atoms with E-state index in [1.807, 2.05) is 0 Å². The molecule has 0 spiro atoms. The average molecular weight is 269 g/mol. The van der Waals surface area contributed by atoms with Crippen LogP contribution in [0.1, 0.15) is 46.5 Å². The summed E-state index contributed by atoms with van der Waals surface area (Å²) in [6, 6.07) is 1.47. The normalized spacial score (nSPS) is 22.6. The molecule has 2 atom stereocenters. The van der Waals surface area contributed by atoms with Crippen molar-refractivity contribution in [3.05, 3.63) is 0 Å². The maximum absolute atomic E-state index is 3.63. The fourth-order valence-electron chi connectivity index (χ4n) is 3.04. The van der Waals surface area contributed by atoms with E-state index in [9.17, 15) is 0 Å². The average Bonchev–Trinajstić information content (AvgIpc) is 2.73. The van der Waals surface area contributed by atoms with Crippen LogP contribution in [0.3, 0.4) is 0 Å². The third-order valence-electron chi connectivity index (χ3n) is 4.35. The van der Waals surface area contributed by atoms with Gasteiger partial charge >= 0.3 is 0 Å². The predicted molar refractivity (Wildman–Crippen MR) is 84.7 cm³/mol. The minimum atomic E-state index is 0.692. The number of hydrogen-bond donors (Lipinski definition) is 1. The number of hydrogen-bond acceptors (Lipinski definition) is 3. The Morgan fingerprint density at radius 1 is 1.32 bits per heavy atom. The Balaban J connectivity index is 2.35. The zero-order valence-corrected chi connectivity index (χ0v) is 13.8. The summed E-state index contributed by atoms with van der Waals surface area (Å²) >= 11 is 0. The van der Waals surface area contributed by atoms with E-state index in [0.29, 0.717) is 6.04 Å². The minimum absolute atomic E-state index is 0.692. The molecule has 2 unspecified atom stereocenters. The Hall–Kier alpha value is -0.120. The Morgan fingerprint density at radius 3 is 2.58 bits per heavy atom. The van der Waals surface area contributed by atoms with Crippen LogP contribution in [0.2, 0.25) is 0 Å². The van der Waals surface area contributed by atoms with Crippen molar-refractivity contribution in [1.29, 1.82) is 0 Å². The Bertz CT molecular complexity index is 230. The van der Waals surface area contributed by atoms with Gasteiger partial charge in [0.1, 0.15) is 0 Å². The molecule has 114 valence electrons. The smallest absolute Gasteiger partial charge is 0.0220 e. The van der Waals surface area contributed by atoms with Gasteiger partial charge < -0.3 is 15.1 Å². The molecule has 0 aliphatic carbocycles. The summed E-state index contributed by atoms with van der Waals surface area (Å²) in [7, 11) is 4.58. The predicted octanol–water partition coefficient (Wildman–Crippen LogP) is 2.43. The fourth-order valence-corrected chi connectivity index (χ4v) is 3.04. The first-order valence-electron chi connectivity index (χ1n) is 8.15. The van der Waals surface area contributed by atoms with Crippen LogP contribution in [0.5, 0.6) is 0 Å². The zero-order valence-electron chi connectivity index (χ0n) is 13.8. The first kappa shape index (κ1) is 16.9. The fraction of sp³-hybridized carbons (Fsp3) is 1.00. The Morgan fingerprint density at radius 2 is 2.05 bits per heavy atom. The van der Waals surface area contributed by atoms with Gasteiger partial charge in [-0.1, -0.05) is 27.2 Å². The lowest BCUT2D eigenvalue weighted by Crippen LogP contribution is -2.46. The summed E-state index contributed by atoms with van der Waals surface area (Å²) in [5.74, 6) is 0.744. The first-order chi connectivity index (χ1) is 9.04. The van der Waals surface area contributed by atoms with E-state index in [1.165, 1.54) is 38.8 Å². The lowest BCUT2D eigenvalue weighted by atomic mass is 10.1.